The van der Waals surface area contributed by atoms with Gasteiger partial charge in [-0.25, -0.2) is 0 Å². The van der Waals surface area contributed by atoms with Gasteiger partial charge in [0.05, 0.1) is 0 Å². The van der Waals surface area contributed by atoms with E-state index in [-0.39, 0.29) is 11.8 Å². The minimum atomic E-state index is -0.751. The highest BCUT2D eigenvalue weighted by atomic mass is 32.2. The van der Waals surface area contributed by atoms with Crippen LogP contribution in [0.15, 0.2) is 23.1 Å². The maximum absolute atomic E-state index is 13.1. The first kappa shape index (κ1) is 28.0. The first-order valence-electron chi connectivity index (χ1n) is 14.9. The Balaban J connectivity index is 1.01. The van der Waals surface area contributed by atoms with E-state index >= 15 is 0 Å². The number of fused-ring (bicyclic) bond motifs is 3. The average molecular weight is 542 g/mol. The molecule has 7 heteroatoms. The van der Waals surface area contributed by atoms with Crippen LogP contribution in [-0.4, -0.2) is 64.4 Å². The lowest BCUT2D eigenvalue weighted by molar-refractivity contribution is -0.150. The molecule has 4 aliphatic rings. The van der Waals surface area contributed by atoms with Gasteiger partial charge in [0.2, 0.25) is 5.91 Å². The van der Waals surface area contributed by atoms with Crippen molar-refractivity contribution in [3.05, 3.63) is 29.3 Å². The molecular formula is C31H47N3O3S. The summed E-state index contributed by atoms with van der Waals surface area (Å²) in [6.45, 7) is 9.14. The molecule has 5 rings (SSSR count). The molecule has 210 valence electrons. The number of nitrogens with one attached hydrogen (secondary N) is 1. The number of hydrogen-bond donors (Lipinski definition) is 2. The summed E-state index contributed by atoms with van der Waals surface area (Å²) in [6.07, 6.45) is 10.7. The standard InChI is InChI=1S/C31H47N3O3S/c1-30(2)21-15-16-31(30,3)26(19-21)32-17-8-6-5-7-9-18-38-25-12-10-11-22-23(25)20-34(28(22)36)24-13-14-27(35)33(4)29(24)37/h10-12,21,24,26-27,32,35H,5-9,13-20H2,1-4H3/t21-,24?,26+,27?,31+/m1/s1. The molecule has 0 aromatic heterocycles. The van der Waals surface area contributed by atoms with Crippen LogP contribution in [0.5, 0.6) is 0 Å². The van der Waals surface area contributed by atoms with E-state index < -0.39 is 12.3 Å². The van der Waals surface area contributed by atoms with Gasteiger partial charge in [0.15, 0.2) is 0 Å². The van der Waals surface area contributed by atoms with Gasteiger partial charge in [0.1, 0.15) is 12.3 Å². The molecular weight excluding hydrogens is 494 g/mol. The molecule has 1 saturated heterocycles. The molecule has 2 amide bonds. The van der Waals surface area contributed by atoms with Gasteiger partial charge in [-0.05, 0) is 91.7 Å². The third-order valence-corrected chi connectivity index (χ3v) is 12.1. The van der Waals surface area contributed by atoms with E-state index in [4.69, 9.17) is 0 Å². The van der Waals surface area contributed by atoms with Crippen molar-refractivity contribution >= 4 is 23.6 Å². The number of aliphatic hydroxyl groups is 1. The van der Waals surface area contributed by atoms with Crippen LogP contribution in [0.3, 0.4) is 0 Å². The molecule has 2 saturated carbocycles. The molecule has 2 aliphatic carbocycles. The second kappa shape index (κ2) is 11.1. The number of thioether (sulfide) groups is 1. The van der Waals surface area contributed by atoms with E-state index in [0.717, 1.165) is 29.3 Å². The molecule has 2 bridgehead atoms. The van der Waals surface area contributed by atoms with Crippen molar-refractivity contribution in [1.82, 2.24) is 15.1 Å². The largest absolute Gasteiger partial charge is 0.374 e. The molecule has 0 spiro atoms. The average Bonchev–Trinajstić information content (AvgIpc) is 3.41. The number of piperidine rings is 1. The number of nitrogens with zero attached hydrogens (tertiary/aromatic N) is 2. The first-order valence-corrected chi connectivity index (χ1v) is 15.9. The van der Waals surface area contributed by atoms with Crippen molar-refractivity contribution < 1.29 is 14.7 Å². The molecule has 1 aromatic rings. The maximum Gasteiger partial charge on any atom is 0.255 e. The molecule has 5 atom stereocenters. The Hall–Kier alpha value is -1.57. The number of likely N-dealkylation sites (tertiary alicyclic amines) is 1. The van der Waals surface area contributed by atoms with Crippen molar-refractivity contribution in [2.45, 2.75) is 115 Å². The van der Waals surface area contributed by atoms with Crippen LogP contribution in [0.1, 0.15) is 101 Å². The van der Waals surface area contributed by atoms with Crippen molar-refractivity contribution in [3.63, 3.8) is 0 Å². The number of carbonyl (C=O) groups is 2. The fourth-order valence-electron chi connectivity index (χ4n) is 7.74. The van der Waals surface area contributed by atoms with Crippen LogP contribution in [-0.2, 0) is 11.3 Å². The zero-order valence-electron chi connectivity index (χ0n) is 23.8. The van der Waals surface area contributed by atoms with Gasteiger partial charge in [-0.1, -0.05) is 46.1 Å². The van der Waals surface area contributed by atoms with Gasteiger partial charge in [-0.2, -0.15) is 0 Å². The number of unbranched alkanes of at least 4 members (excludes halogenated alkanes) is 4. The van der Waals surface area contributed by atoms with Gasteiger partial charge < -0.3 is 20.2 Å². The number of amides is 2. The van der Waals surface area contributed by atoms with Crippen molar-refractivity contribution in [2.75, 3.05) is 19.3 Å². The van der Waals surface area contributed by atoms with E-state index in [1.807, 2.05) is 23.9 Å². The lowest BCUT2D eigenvalue weighted by atomic mass is 9.69. The summed E-state index contributed by atoms with van der Waals surface area (Å²) in [5.74, 6) is 1.74. The van der Waals surface area contributed by atoms with Crippen LogP contribution in [0.2, 0.25) is 0 Å². The zero-order chi connectivity index (χ0) is 27.1. The second-order valence-corrected chi connectivity index (χ2v) is 14.1. The first-order chi connectivity index (χ1) is 18.1. The summed E-state index contributed by atoms with van der Waals surface area (Å²) < 4.78 is 0. The second-order valence-electron chi connectivity index (χ2n) is 13.0. The Labute approximate surface area is 233 Å². The van der Waals surface area contributed by atoms with E-state index in [1.54, 1.807) is 11.9 Å². The summed E-state index contributed by atoms with van der Waals surface area (Å²) in [5.41, 5.74) is 2.75. The lowest BCUT2D eigenvalue weighted by Gasteiger charge is -2.39. The highest BCUT2D eigenvalue weighted by Crippen LogP contribution is 2.65. The molecule has 2 heterocycles. The van der Waals surface area contributed by atoms with Gasteiger partial charge >= 0.3 is 0 Å². The molecule has 2 unspecified atom stereocenters. The number of aliphatic hydroxyl groups excluding tert-OH is 1. The Morgan fingerprint density at radius 3 is 2.55 bits per heavy atom. The Morgan fingerprint density at radius 2 is 1.82 bits per heavy atom. The minimum Gasteiger partial charge on any atom is -0.374 e. The highest BCUT2D eigenvalue weighted by molar-refractivity contribution is 7.99. The Morgan fingerprint density at radius 1 is 1.05 bits per heavy atom. The lowest BCUT2D eigenvalue weighted by Crippen LogP contribution is -2.54. The summed E-state index contributed by atoms with van der Waals surface area (Å²) in [4.78, 5) is 30.1. The summed E-state index contributed by atoms with van der Waals surface area (Å²) >= 11 is 1.84. The maximum atomic E-state index is 13.1. The van der Waals surface area contributed by atoms with Crippen LogP contribution in [0.25, 0.3) is 0 Å². The Kier molecular flexibility index (Phi) is 8.19. The zero-order valence-corrected chi connectivity index (χ0v) is 24.6. The fourth-order valence-corrected chi connectivity index (χ4v) is 8.83. The van der Waals surface area contributed by atoms with Gasteiger partial charge in [-0.15, -0.1) is 11.8 Å². The van der Waals surface area contributed by atoms with E-state index in [9.17, 15) is 14.7 Å². The van der Waals surface area contributed by atoms with E-state index in [1.165, 1.54) is 61.2 Å². The van der Waals surface area contributed by atoms with Crippen molar-refractivity contribution in [3.8, 4) is 0 Å². The van der Waals surface area contributed by atoms with Crippen molar-refractivity contribution in [1.29, 1.82) is 0 Å². The predicted molar refractivity (Wildman–Crippen MR) is 153 cm³/mol. The summed E-state index contributed by atoms with van der Waals surface area (Å²) in [6, 6.07) is 6.19. The monoisotopic (exact) mass is 541 g/mol. The topological polar surface area (TPSA) is 72.9 Å². The number of likely N-dealkylation sites (N-methyl/N-ethyl adjacent to an activating group) is 1. The SMILES string of the molecule is CN1C(=O)C(N2Cc3c(SCCCCCCCN[C@H]4C[C@H]5CC[C@]4(C)C5(C)C)cccc3C2=O)CCC1O. The van der Waals surface area contributed by atoms with E-state index in [0.29, 0.717) is 36.3 Å². The predicted octanol–water partition coefficient (Wildman–Crippen LogP) is 5.43. The third kappa shape index (κ3) is 4.92. The number of carbonyl (C=O) groups excluding carboxylic acids is 2. The summed E-state index contributed by atoms with van der Waals surface area (Å²) in [7, 11) is 1.62. The molecule has 6 nitrogen and oxygen atoms in total. The van der Waals surface area contributed by atoms with Gasteiger partial charge in [-0.3, -0.25) is 9.59 Å². The molecule has 38 heavy (non-hydrogen) atoms. The van der Waals surface area contributed by atoms with Crippen LogP contribution in [0, 0.1) is 16.7 Å². The number of rotatable bonds is 11. The van der Waals surface area contributed by atoms with Gasteiger partial charge in [0, 0.05) is 30.1 Å². The van der Waals surface area contributed by atoms with Crippen LogP contribution >= 0.6 is 11.8 Å². The smallest absolute Gasteiger partial charge is 0.255 e. The van der Waals surface area contributed by atoms with Gasteiger partial charge in [0.25, 0.3) is 5.91 Å². The quantitative estimate of drug-likeness (QED) is 0.289. The molecule has 2 N–H and O–H groups in total. The van der Waals surface area contributed by atoms with E-state index in [2.05, 4.69) is 32.2 Å². The highest BCUT2D eigenvalue weighted by Gasteiger charge is 2.60. The Bertz CT molecular complexity index is 1050. The third-order valence-electron chi connectivity index (χ3n) is 10.9. The normalized spacial score (nSPS) is 31.9. The fraction of sp³-hybridized carbons (Fsp3) is 0.742. The molecule has 2 aliphatic heterocycles. The summed E-state index contributed by atoms with van der Waals surface area (Å²) in [5, 5.41) is 13.9. The molecule has 3 fully saturated rings. The molecule has 0 radical (unpaired) electrons. The molecule has 1 aromatic carbocycles. The number of benzene rings is 1. The van der Waals surface area contributed by atoms with Crippen LogP contribution < -0.4 is 5.32 Å². The van der Waals surface area contributed by atoms with Crippen molar-refractivity contribution in [2.24, 2.45) is 16.7 Å². The number of hydrogen-bond acceptors (Lipinski definition) is 5. The minimum absolute atomic E-state index is 0.0535. The van der Waals surface area contributed by atoms with Crippen LogP contribution in [0.4, 0.5) is 0 Å².